The van der Waals surface area contributed by atoms with Gasteiger partial charge >= 0.3 is 0 Å². The van der Waals surface area contributed by atoms with Gasteiger partial charge in [-0.1, -0.05) is 31.4 Å². The van der Waals surface area contributed by atoms with Gasteiger partial charge in [-0.3, -0.25) is 4.79 Å². The minimum absolute atomic E-state index is 0.0795. The van der Waals surface area contributed by atoms with Crippen LogP contribution in [0.1, 0.15) is 66.4 Å². The molecule has 0 aliphatic heterocycles. The molecule has 4 rings (SSSR count). The van der Waals surface area contributed by atoms with Gasteiger partial charge in [-0.2, -0.15) is 0 Å². The van der Waals surface area contributed by atoms with Crippen molar-refractivity contribution in [2.75, 3.05) is 39.3 Å². The number of hydrogen-bond donors (Lipinski definition) is 1. The zero-order valence-electron chi connectivity index (χ0n) is 20.9. The molecule has 2 aromatic carbocycles. The van der Waals surface area contributed by atoms with Crippen LogP contribution in [0.2, 0.25) is 0 Å². The van der Waals surface area contributed by atoms with Gasteiger partial charge in [0.25, 0.3) is 0 Å². The molecule has 2 aliphatic rings. The molecule has 0 radical (unpaired) electrons. The molecule has 0 unspecified atom stereocenters. The molecule has 34 heavy (non-hydrogen) atoms. The Morgan fingerprint density at radius 1 is 1.03 bits per heavy atom. The number of fused-ring (bicyclic) bond motifs is 1. The largest absolute Gasteiger partial charge is 0.493 e. The number of Topliss-reactive ketones (excluding diaryl/α,β-unsaturated/α-hetero) is 1. The van der Waals surface area contributed by atoms with E-state index < -0.39 is 0 Å². The van der Waals surface area contributed by atoms with Crippen LogP contribution in [-0.4, -0.2) is 46.2 Å². The van der Waals surface area contributed by atoms with Crippen LogP contribution in [0.3, 0.4) is 0 Å². The summed E-state index contributed by atoms with van der Waals surface area (Å²) in [5.41, 5.74) is 4.71. The van der Waals surface area contributed by atoms with Crippen molar-refractivity contribution in [3.8, 4) is 11.5 Å². The second kappa shape index (κ2) is 11.6. The maximum Gasteiger partial charge on any atom is 0.189 e. The summed E-state index contributed by atoms with van der Waals surface area (Å²) >= 11 is 0. The van der Waals surface area contributed by atoms with E-state index in [4.69, 9.17) is 9.47 Å². The van der Waals surface area contributed by atoms with Crippen molar-refractivity contribution in [2.24, 2.45) is 0 Å². The standard InChI is InChI=1S/C29H38N2O3/c1-31(2)25-13-11-21(12-14-25)17-23-18-22-19-27(33-3)28(20-26(22)29(23)32)34-16-8-7-15-30-24-9-5-4-6-10-24/h11-14,17,19-20,24,30H,4-10,15-16,18H2,1-3H3/b23-17+. The number of carbonyl (C=O) groups is 1. The second-order valence-corrected chi connectivity index (χ2v) is 9.67. The van der Waals surface area contributed by atoms with Crippen LogP contribution in [0, 0.1) is 0 Å². The van der Waals surface area contributed by atoms with E-state index in [2.05, 4.69) is 34.5 Å². The highest BCUT2D eigenvalue weighted by Gasteiger charge is 2.27. The molecule has 1 saturated carbocycles. The summed E-state index contributed by atoms with van der Waals surface area (Å²) in [5.74, 6) is 1.44. The minimum atomic E-state index is 0.0795. The first-order valence-corrected chi connectivity index (χ1v) is 12.6. The molecular formula is C29H38N2O3. The van der Waals surface area contributed by atoms with Crippen molar-refractivity contribution >= 4 is 17.5 Å². The second-order valence-electron chi connectivity index (χ2n) is 9.67. The molecule has 0 spiro atoms. The lowest BCUT2D eigenvalue weighted by Gasteiger charge is -2.22. The first-order chi connectivity index (χ1) is 16.5. The van der Waals surface area contributed by atoms with Crippen molar-refractivity contribution in [1.82, 2.24) is 5.32 Å². The molecule has 5 nitrogen and oxygen atoms in total. The maximum absolute atomic E-state index is 13.1. The Labute approximate surface area is 204 Å². The summed E-state index contributed by atoms with van der Waals surface area (Å²) < 4.78 is 11.6. The lowest BCUT2D eigenvalue weighted by Crippen LogP contribution is -2.31. The Balaban J connectivity index is 1.34. The van der Waals surface area contributed by atoms with Crippen LogP contribution in [0.15, 0.2) is 42.0 Å². The number of hydrogen-bond acceptors (Lipinski definition) is 5. The summed E-state index contributed by atoms with van der Waals surface area (Å²) in [4.78, 5) is 15.2. The molecule has 2 aliphatic carbocycles. The fourth-order valence-corrected chi connectivity index (χ4v) is 4.90. The number of allylic oxidation sites excluding steroid dienone is 1. The molecule has 182 valence electrons. The van der Waals surface area contributed by atoms with Gasteiger partial charge in [0.05, 0.1) is 13.7 Å². The highest BCUT2D eigenvalue weighted by molar-refractivity contribution is 6.15. The SMILES string of the molecule is COc1cc2c(cc1OCCCCNC1CCCCC1)C(=O)/C(=C/c1ccc(N(C)C)cc1)C2. The van der Waals surface area contributed by atoms with Crippen LogP contribution in [0.25, 0.3) is 6.08 Å². The van der Waals surface area contributed by atoms with E-state index in [-0.39, 0.29) is 5.78 Å². The number of rotatable bonds is 10. The van der Waals surface area contributed by atoms with E-state index in [0.29, 0.717) is 30.6 Å². The third-order valence-electron chi connectivity index (χ3n) is 6.92. The smallest absolute Gasteiger partial charge is 0.189 e. The Hall–Kier alpha value is -2.79. The highest BCUT2D eigenvalue weighted by atomic mass is 16.5. The predicted molar refractivity (Wildman–Crippen MR) is 139 cm³/mol. The lowest BCUT2D eigenvalue weighted by molar-refractivity contribution is 0.104. The van der Waals surface area contributed by atoms with Crippen LogP contribution in [0.5, 0.6) is 11.5 Å². The third-order valence-corrected chi connectivity index (χ3v) is 6.92. The zero-order chi connectivity index (χ0) is 23.9. The van der Waals surface area contributed by atoms with E-state index in [9.17, 15) is 4.79 Å². The highest BCUT2D eigenvalue weighted by Crippen LogP contribution is 2.37. The quantitative estimate of drug-likeness (QED) is 0.364. The number of carbonyl (C=O) groups excluding carboxylic acids is 1. The van der Waals surface area contributed by atoms with Crippen molar-refractivity contribution in [1.29, 1.82) is 0 Å². The number of ether oxygens (including phenoxy) is 2. The van der Waals surface area contributed by atoms with Crippen molar-refractivity contribution in [2.45, 2.75) is 57.4 Å². The normalized spacial score (nSPS) is 17.1. The van der Waals surface area contributed by atoms with E-state index in [1.807, 2.05) is 32.3 Å². The monoisotopic (exact) mass is 462 g/mol. The minimum Gasteiger partial charge on any atom is -0.493 e. The summed E-state index contributed by atoms with van der Waals surface area (Å²) in [5, 5.41) is 3.68. The molecule has 2 aromatic rings. The summed E-state index contributed by atoms with van der Waals surface area (Å²) in [7, 11) is 5.70. The molecule has 0 amide bonds. The van der Waals surface area contributed by atoms with Gasteiger partial charge in [-0.25, -0.2) is 0 Å². The molecule has 0 bridgehead atoms. The Bertz CT molecular complexity index is 1000. The molecule has 1 N–H and O–H groups in total. The van der Waals surface area contributed by atoms with Gasteiger partial charge < -0.3 is 19.7 Å². The number of methoxy groups -OCH3 is 1. The number of anilines is 1. The van der Waals surface area contributed by atoms with E-state index in [1.54, 1.807) is 7.11 Å². The van der Waals surface area contributed by atoms with Gasteiger partial charge in [-0.05, 0) is 73.7 Å². The third kappa shape index (κ3) is 6.01. The Morgan fingerprint density at radius 3 is 2.50 bits per heavy atom. The summed E-state index contributed by atoms with van der Waals surface area (Å²) in [6.45, 7) is 1.66. The molecule has 0 aromatic heterocycles. The van der Waals surface area contributed by atoms with Gasteiger partial charge in [-0.15, -0.1) is 0 Å². The Kier molecular flexibility index (Phi) is 8.28. The first kappa shape index (κ1) is 24.3. The first-order valence-electron chi connectivity index (χ1n) is 12.6. The van der Waals surface area contributed by atoms with E-state index in [1.165, 1.54) is 32.1 Å². The maximum atomic E-state index is 13.1. The van der Waals surface area contributed by atoms with Crippen LogP contribution in [0.4, 0.5) is 5.69 Å². The molecule has 0 atom stereocenters. The molecule has 1 fully saturated rings. The van der Waals surface area contributed by atoms with E-state index in [0.717, 1.165) is 47.3 Å². The average Bonchev–Trinajstić information content (AvgIpc) is 3.15. The zero-order valence-corrected chi connectivity index (χ0v) is 20.9. The molecule has 5 heteroatoms. The predicted octanol–water partition coefficient (Wildman–Crippen LogP) is 5.66. The fraction of sp³-hybridized carbons (Fsp3) is 0.483. The van der Waals surface area contributed by atoms with Crippen LogP contribution in [-0.2, 0) is 6.42 Å². The van der Waals surface area contributed by atoms with Crippen LogP contribution < -0.4 is 19.7 Å². The fourth-order valence-electron chi connectivity index (χ4n) is 4.90. The van der Waals surface area contributed by atoms with Gasteiger partial charge in [0, 0.05) is 43.4 Å². The number of unbranched alkanes of at least 4 members (excludes halogenated alkanes) is 1. The molecule has 0 heterocycles. The van der Waals surface area contributed by atoms with Crippen molar-refractivity contribution < 1.29 is 14.3 Å². The Morgan fingerprint density at radius 2 is 1.79 bits per heavy atom. The topological polar surface area (TPSA) is 50.8 Å². The van der Waals surface area contributed by atoms with Gasteiger partial charge in [0.2, 0.25) is 0 Å². The van der Waals surface area contributed by atoms with E-state index >= 15 is 0 Å². The van der Waals surface area contributed by atoms with Crippen molar-refractivity contribution in [3.05, 3.63) is 58.7 Å². The van der Waals surface area contributed by atoms with Crippen molar-refractivity contribution in [3.63, 3.8) is 0 Å². The molecule has 0 saturated heterocycles. The number of benzene rings is 2. The molecular weight excluding hydrogens is 424 g/mol. The average molecular weight is 463 g/mol. The number of ketones is 1. The lowest BCUT2D eigenvalue weighted by atomic mass is 9.95. The van der Waals surface area contributed by atoms with Crippen LogP contribution >= 0.6 is 0 Å². The summed E-state index contributed by atoms with van der Waals surface area (Å²) in [6, 6.07) is 12.8. The van der Waals surface area contributed by atoms with Gasteiger partial charge in [0.1, 0.15) is 0 Å². The number of nitrogens with zero attached hydrogens (tertiary/aromatic N) is 1. The number of nitrogens with one attached hydrogen (secondary N) is 1. The van der Waals surface area contributed by atoms with Gasteiger partial charge in [0.15, 0.2) is 17.3 Å². The summed E-state index contributed by atoms with van der Waals surface area (Å²) in [6.07, 6.45) is 11.4.